The third-order valence-corrected chi connectivity index (χ3v) is 15.1. The van der Waals surface area contributed by atoms with Crippen LogP contribution in [0.2, 0.25) is 0 Å². The maximum atomic E-state index is 14.6. The second kappa shape index (κ2) is 35.7. The normalized spacial score (nSPS) is 18.0. The van der Waals surface area contributed by atoms with E-state index in [1.165, 1.54) is 52.5 Å². The van der Waals surface area contributed by atoms with Crippen molar-refractivity contribution in [3.63, 3.8) is 0 Å². The molecule has 1 saturated heterocycles. The summed E-state index contributed by atoms with van der Waals surface area (Å²) in [5.74, 6) is -8.25. The van der Waals surface area contributed by atoms with Gasteiger partial charge in [-0.25, -0.2) is 0 Å². The lowest BCUT2D eigenvalue weighted by Crippen LogP contribution is -2.66. The standard InChI is InChI=1S/C62H111N11O13/c1-21-38(9)23-24-49(77)73-33-40(11)31-47(73)55(82)66-46(30-39(10)29-43(75)32-42(74)22-2)53(80)68-50(51(78)37(7)8)56(83)70-61(15,16)58(85)67-44(27-35(3)4)52(79)65-45(28-36(5)6)54(81)69-62(17,18)59(86)71-60(13,14)57(84)63-26-25-48(76)64-41(12)34-72(19)20/h23-24,35-41,43-47,50-51,75,78H,21-22,25-34H2,1-20H3,(H,63,84)(H,64,76)(H,65,79)(H,66,82)(H,67,85)(H,68,80)(H,69,81)(H,70,83)(H,71,86)/b24-23+/t38-,39-,40+,41+,43-,44+,45+,46+,47+,50+,51-/m1/s1. The van der Waals surface area contributed by atoms with E-state index in [-0.39, 0.29) is 98.8 Å². The van der Waals surface area contributed by atoms with Crippen molar-refractivity contribution in [1.82, 2.24) is 57.7 Å². The Balaban J connectivity index is 3.44. The van der Waals surface area contributed by atoms with Crippen molar-refractivity contribution in [2.24, 2.45) is 35.5 Å². The lowest BCUT2D eigenvalue weighted by atomic mass is 9.92. The van der Waals surface area contributed by atoms with Crippen molar-refractivity contribution >= 4 is 64.9 Å². The van der Waals surface area contributed by atoms with Crippen molar-refractivity contribution in [2.45, 2.75) is 247 Å². The zero-order chi connectivity index (χ0) is 66.4. The summed E-state index contributed by atoms with van der Waals surface area (Å²) in [4.78, 5) is 154. The van der Waals surface area contributed by atoms with E-state index >= 15 is 0 Å². The zero-order valence-electron chi connectivity index (χ0n) is 55.5. The SMILES string of the molecule is CCC(=O)C[C@H](O)C[C@@H](C)C[C@H](NC(=O)[C@@H]1C[C@H](C)CN1C(=O)/C=C/[C@H](C)CC)C(=O)N[C@H](C(=O)NC(C)(C)C(=O)N[C@@H](CC(C)C)C(=O)N[C@@H](CC(C)C)C(=O)NC(C)(C)C(=O)NC(C)(C)C(=O)NCCC(=O)N[C@@H](C)CN(C)C)[C@H](O)C(C)C. The Bertz CT molecular complexity index is 2340. The van der Waals surface area contributed by atoms with Crippen molar-refractivity contribution in [3.05, 3.63) is 12.2 Å². The van der Waals surface area contributed by atoms with Crippen LogP contribution in [0, 0.1) is 35.5 Å². The zero-order valence-corrected chi connectivity index (χ0v) is 55.5. The van der Waals surface area contributed by atoms with Crippen molar-refractivity contribution in [1.29, 1.82) is 0 Å². The quantitative estimate of drug-likeness (QED) is 0.0398. The highest BCUT2D eigenvalue weighted by Crippen LogP contribution is 2.25. The molecule has 0 radical (unpaired) electrons. The fourth-order valence-electron chi connectivity index (χ4n) is 9.77. The summed E-state index contributed by atoms with van der Waals surface area (Å²) < 4.78 is 0. The predicted molar refractivity (Wildman–Crippen MR) is 330 cm³/mol. The number of aliphatic hydroxyl groups excluding tert-OH is 2. The highest BCUT2D eigenvalue weighted by Gasteiger charge is 2.43. The molecule has 0 spiro atoms. The molecule has 0 saturated carbocycles. The smallest absolute Gasteiger partial charge is 0.246 e. The van der Waals surface area contributed by atoms with Gasteiger partial charge in [-0.15, -0.1) is 0 Å². The highest BCUT2D eigenvalue weighted by molar-refractivity contribution is 6.00. The van der Waals surface area contributed by atoms with Crippen molar-refractivity contribution in [3.8, 4) is 0 Å². The van der Waals surface area contributed by atoms with Gasteiger partial charge in [0.05, 0.1) is 12.2 Å². The Morgan fingerprint density at radius 3 is 1.69 bits per heavy atom. The van der Waals surface area contributed by atoms with E-state index in [1.807, 2.05) is 74.4 Å². The molecule has 10 amide bonds. The summed E-state index contributed by atoms with van der Waals surface area (Å²) in [5, 5.41) is 46.7. The van der Waals surface area contributed by atoms with Gasteiger partial charge in [0, 0.05) is 44.9 Å². The van der Waals surface area contributed by atoms with Crippen LogP contribution in [0.15, 0.2) is 12.2 Å². The Labute approximate surface area is 512 Å². The summed E-state index contributed by atoms with van der Waals surface area (Å²) >= 11 is 0. The first-order valence-corrected chi connectivity index (χ1v) is 30.8. The minimum atomic E-state index is -1.82. The number of likely N-dealkylation sites (tertiary alicyclic amines) is 1. The highest BCUT2D eigenvalue weighted by atomic mass is 16.3. The number of ketones is 1. The molecule has 0 aliphatic carbocycles. The van der Waals surface area contributed by atoms with E-state index in [9.17, 15) is 63.0 Å². The van der Waals surface area contributed by atoms with E-state index in [2.05, 4.69) is 47.9 Å². The number of Topliss-reactive ketones (excluding diaryl/α,β-unsaturated/α-hetero) is 1. The fraction of sp³-hybridized carbons (Fsp3) is 0.790. The number of hydrogen-bond donors (Lipinski definition) is 11. The van der Waals surface area contributed by atoms with E-state index in [0.29, 0.717) is 19.5 Å². The fourth-order valence-corrected chi connectivity index (χ4v) is 9.77. The molecule has 1 heterocycles. The number of allylic oxidation sites excluding steroid dienone is 1. The number of hydrogen-bond acceptors (Lipinski definition) is 14. The molecule has 24 heteroatoms. The molecule has 24 nitrogen and oxygen atoms in total. The first-order chi connectivity index (χ1) is 39.6. The number of nitrogens with one attached hydrogen (secondary N) is 9. The predicted octanol–water partition coefficient (Wildman–Crippen LogP) is 2.28. The van der Waals surface area contributed by atoms with Gasteiger partial charge in [-0.1, -0.05) is 88.7 Å². The average Bonchev–Trinajstić information content (AvgIpc) is 3.94. The van der Waals surface area contributed by atoms with Crippen LogP contribution in [-0.2, 0) is 52.7 Å². The van der Waals surface area contributed by atoms with Gasteiger partial charge in [-0.2, -0.15) is 0 Å². The van der Waals surface area contributed by atoms with Crippen LogP contribution >= 0.6 is 0 Å². The molecule has 492 valence electrons. The third-order valence-electron chi connectivity index (χ3n) is 15.1. The molecule has 86 heavy (non-hydrogen) atoms. The van der Waals surface area contributed by atoms with Crippen LogP contribution in [0.3, 0.4) is 0 Å². The monoisotopic (exact) mass is 1220 g/mol. The van der Waals surface area contributed by atoms with Crippen LogP contribution in [-0.4, -0.2) is 184 Å². The summed E-state index contributed by atoms with van der Waals surface area (Å²) in [6.45, 7) is 31.1. The number of rotatable bonds is 37. The Morgan fingerprint density at radius 2 is 1.15 bits per heavy atom. The van der Waals surface area contributed by atoms with Gasteiger partial charge in [0.25, 0.3) is 0 Å². The molecule has 0 aromatic heterocycles. The molecule has 1 aliphatic rings. The van der Waals surface area contributed by atoms with Gasteiger partial charge < -0.3 is 67.9 Å². The summed E-state index contributed by atoms with van der Waals surface area (Å²) in [6.07, 6.45) is 2.07. The first kappa shape index (κ1) is 78.0. The van der Waals surface area contributed by atoms with E-state index in [1.54, 1.807) is 33.8 Å². The Morgan fingerprint density at radius 1 is 0.628 bits per heavy atom. The van der Waals surface area contributed by atoms with Crippen molar-refractivity contribution < 1.29 is 63.0 Å². The van der Waals surface area contributed by atoms with Crippen LogP contribution in [0.25, 0.3) is 0 Å². The molecule has 11 N–H and O–H groups in total. The van der Waals surface area contributed by atoms with Gasteiger partial charge in [0.15, 0.2) is 0 Å². The number of aliphatic hydroxyl groups is 2. The topological polar surface area (TPSA) is 343 Å². The van der Waals surface area contributed by atoms with Crippen molar-refractivity contribution in [2.75, 3.05) is 33.7 Å². The lowest BCUT2D eigenvalue weighted by molar-refractivity contribution is -0.140. The van der Waals surface area contributed by atoms with Gasteiger partial charge in [0.1, 0.15) is 52.6 Å². The third kappa shape index (κ3) is 27.4. The van der Waals surface area contributed by atoms with Crippen LogP contribution in [0.5, 0.6) is 0 Å². The first-order valence-electron chi connectivity index (χ1n) is 30.8. The molecule has 0 bridgehead atoms. The minimum absolute atomic E-state index is 0.00837. The van der Waals surface area contributed by atoms with Gasteiger partial charge in [-0.3, -0.25) is 52.7 Å². The number of amides is 10. The van der Waals surface area contributed by atoms with Gasteiger partial charge in [-0.05, 0) is 136 Å². The molecule has 11 atom stereocenters. The summed E-state index contributed by atoms with van der Waals surface area (Å²) in [7, 11) is 3.77. The summed E-state index contributed by atoms with van der Waals surface area (Å²) in [5.41, 5.74) is -4.93. The van der Waals surface area contributed by atoms with Crippen LogP contribution < -0.4 is 47.9 Å². The largest absolute Gasteiger partial charge is 0.393 e. The van der Waals surface area contributed by atoms with Gasteiger partial charge in [0.2, 0.25) is 59.1 Å². The lowest BCUT2D eigenvalue weighted by Gasteiger charge is -2.34. The Kier molecular flexibility index (Phi) is 32.4. The number of carbonyl (C=O) groups is 11. The number of likely N-dealkylation sites (N-methyl/N-ethyl adjacent to an activating group) is 1. The average molecular weight is 1220 g/mol. The minimum Gasteiger partial charge on any atom is -0.393 e. The molecule has 0 aromatic rings. The van der Waals surface area contributed by atoms with Crippen LogP contribution in [0.4, 0.5) is 0 Å². The molecule has 1 rings (SSSR count). The molecule has 1 aliphatic heterocycles. The molecule has 1 fully saturated rings. The van der Waals surface area contributed by atoms with Gasteiger partial charge >= 0.3 is 0 Å². The second-order valence-electron chi connectivity index (χ2n) is 27.1. The van der Waals surface area contributed by atoms with Crippen LogP contribution in [0.1, 0.15) is 182 Å². The van der Waals surface area contributed by atoms with E-state index in [0.717, 1.165) is 6.42 Å². The Hall–Kier alpha value is -6.01. The molecule has 0 aromatic carbocycles. The second-order valence-corrected chi connectivity index (χ2v) is 27.1. The maximum absolute atomic E-state index is 14.6. The maximum Gasteiger partial charge on any atom is 0.246 e. The van der Waals surface area contributed by atoms with E-state index in [4.69, 9.17) is 0 Å². The molecular formula is C62H111N11O13. The van der Waals surface area contributed by atoms with E-state index < -0.39 is 118 Å². The number of carbonyl (C=O) groups excluding carboxylic acids is 11. The summed E-state index contributed by atoms with van der Waals surface area (Å²) in [6, 6.07) is -6.61. The molecule has 0 unspecified atom stereocenters. The number of nitrogens with zero attached hydrogens (tertiary/aromatic N) is 2. The molecular weight excluding hydrogens is 1110 g/mol.